The fourth-order valence-corrected chi connectivity index (χ4v) is 2.92. The van der Waals surface area contributed by atoms with Crippen LogP contribution in [0.25, 0.3) is 0 Å². The van der Waals surface area contributed by atoms with E-state index < -0.39 is 0 Å². The zero-order chi connectivity index (χ0) is 12.8. The fraction of sp³-hybridized carbons (Fsp3) is 0.312. The van der Waals surface area contributed by atoms with E-state index in [2.05, 4.69) is 30.5 Å². The molecule has 0 saturated carbocycles. The fourth-order valence-electron chi connectivity index (χ4n) is 2.21. The summed E-state index contributed by atoms with van der Waals surface area (Å²) in [6, 6.07) is 14.2. The molecule has 0 aliphatic carbocycles. The Bertz CT molecular complexity index is 473. The number of hydrogen-bond donors (Lipinski definition) is 0. The molecule has 0 fully saturated rings. The van der Waals surface area contributed by atoms with Crippen molar-refractivity contribution in [1.29, 1.82) is 0 Å². The molecule has 2 rings (SSSR count). The largest absolute Gasteiger partial charge is 0.299 e. The van der Waals surface area contributed by atoms with Gasteiger partial charge in [0.25, 0.3) is 0 Å². The highest BCUT2D eigenvalue weighted by atomic mass is 32.1. The third-order valence-electron chi connectivity index (χ3n) is 3.20. The first kappa shape index (κ1) is 13.0. The molecule has 18 heavy (non-hydrogen) atoms. The molecular formula is C16H18OS. The van der Waals surface area contributed by atoms with Gasteiger partial charge in [-0.25, -0.2) is 0 Å². The Morgan fingerprint density at radius 2 is 1.94 bits per heavy atom. The summed E-state index contributed by atoms with van der Waals surface area (Å²) in [5.41, 5.74) is 1.15. The number of thiophene rings is 1. The lowest BCUT2D eigenvalue weighted by Crippen LogP contribution is -2.12. The number of carbonyl (C=O) groups excluding carboxylic acids is 1. The quantitative estimate of drug-likeness (QED) is 0.748. The molecule has 0 N–H and O–H groups in total. The van der Waals surface area contributed by atoms with Gasteiger partial charge < -0.3 is 0 Å². The van der Waals surface area contributed by atoms with Crippen LogP contribution in [0.5, 0.6) is 0 Å². The zero-order valence-corrected chi connectivity index (χ0v) is 11.5. The highest BCUT2D eigenvalue weighted by Crippen LogP contribution is 2.23. The van der Waals surface area contributed by atoms with Crippen LogP contribution in [0.3, 0.4) is 0 Å². The summed E-state index contributed by atoms with van der Waals surface area (Å²) in [5, 5.41) is 2.06. The Hall–Kier alpha value is -1.41. The van der Waals surface area contributed by atoms with E-state index in [-0.39, 0.29) is 5.92 Å². The molecule has 1 aromatic carbocycles. The molecule has 0 saturated heterocycles. The summed E-state index contributed by atoms with van der Waals surface area (Å²) < 4.78 is 0. The van der Waals surface area contributed by atoms with Gasteiger partial charge in [0.15, 0.2) is 0 Å². The van der Waals surface area contributed by atoms with Crippen molar-refractivity contribution in [2.24, 2.45) is 0 Å². The number of aryl methyl sites for hydroxylation is 1. The number of Topliss-reactive ketones (excluding diaryl/α,β-unsaturated/α-hetero) is 1. The third kappa shape index (κ3) is 3.30. The topological polar surface area (TPSA) is 17.1 Å². The minimum atomic E-state index is 0.0613. The van der Waals surface area contributed by atoms with Crippen molar-refractivity contribution in [3.8, 4) is 0 Å². The molecule has 0 aliphatic rings. The Balaban J connectivity index is 1.98. The van der Waals surface area contributed by atoms with Gasteiger partial charge in [-0.15, -0.1) is 11.3 Å². The molecule has 2 heteroatoms. The van der Waals surface area contributed by atoms with E-state index in [1.54, 1.807) is 11.3 Å². The first-order valence-electron chi connectivity index (χ1n) is 6.41. The zero-order valence-electron chi connectivity index (χ0n) is 10.6. The van der Waals surface area contributed by atoms with Crippen LogP contribution in [-0.4, -0.2) is 5.78 Å². The molecular weight excluding hydrogens is 240 g/mol. The van der Waals surface area contributed by atoms with Crippen LogP contribution >= 0.6 is 11.3 Å². The monoisotopic (exact) mass is 258 g/mol. The summed E-state index contributed by atoms with van der Waals surface area (Å²) in [7, 11) is 0. The van der Waals surface area contributed by atoms with Crippen molar-refractivity contribution >= 4 is 17.1 Å². The van der Waals surface area contributed by atoms with Crippen molar-refractivity contribution < 1.29 is 4.79 Å². The number of rotatable bonds is 6. The molecule has 94 valence electrons. The third-order valence-corrected chi connectivity index (χ3v) is 4.13. The Kier molecular flexibility index (Phi) is 4.71. The second kappa shape index (κ2) is 6.50. The van der Waals surface area contributed by atoms with Crippen molar-refractivity contribution in [1.82, 2.24) is 0 Å². The van der Waals surface area contributed by atoms with Crippen LogP contribution in [0, 0.1) is 0 Å². The van der Waals surface area contributed by atoms with Crippen molar-refractivity contribution in [2.45, 2.75) is 32.1 Å². The standard InChI is InChI=1S/C16H18OS/c1-2-15(13-7-4-3-5-8-13)16(17)11-10-14-9-6-12-18-14/h3-9,12,15H,2,10-11H2,1H3. The summed E-state index contributed by atoms with van der Waals surface area (Å²) in [4.78, 5) is 13.6. The Labute approximate surface area is 112 Å². The van der Waals surface area contributed by atoms with Crippen LogP contribution in [0.15, 0.2) is 47.8 Å². The molecule has 2 aromatic rings. The van der Waals surface area contributed by atoms with Gasteiger partial charge in [0.05, 0.1) is 0 Å². The van der Waals surface area contributed by atoms with Crippen LogP contribution in [0.4, 0.5) is 0 Å². The van der Waals surface area contributed by atoms with E-state index in [0.717, 1.165) is 18.4 Å². The molecule has 1 nitrogen and oxygen atoms in total. The lowest BCUT2D eigenvalue weighted by Gasteiger charge is -2.13. The SMILES string of the molecule is CCC(C(=O)CCc1cccs1)c1ccccc1. The lowest BCUT2D eigenvalue weighted by molar-refractivity contribution is -0.120. The lowest BCUT2D eigenvalue weighted by atomic mass is 9.90. The minimum Gasteiger partial charge on any atom is -0.299 e. The number of carbonyl (C=O) groups is 1. The van der Waals surface area contributed by atoms with Gasteiger partial charge in [-0.2, -0.15) is 0 Å². The van der Waals surface area contributed by atoms with Gasteiger partial charge in [0.2, 0.25) is 0 Å². The van der Waals surface area contributed by atoms with Gasteiger partial charge in [0, 0.05) is 17.2 Å². The highest BCUT2D eigenvalue weighted by molar-refractivity contribution is 7.09. The average molecular weight is 258 g/mol. The molecule has 0 amide bonds. The number of ketones is 1. The highest BCUT2D eigenvalue weighted by Gasteiger charge is 2.17. The minimum absolute atomic E-state index is 0.0613. The second-order valence-corrected chi connectivity index (χ2v) is 5.45. The molecule has 0 aliphatic heterocycles. The molecule has 0 bridgehead atoms. The van der Waals surface area contributed by atoms with Crippen molar-refractivity contribution in [3.05, 3.63) is 58.3 Å². The summed E-state index contributed by atoms with van der Waals surface area (Å²) in [5.74, 6) is 0.420. The predicted molar refractivity (Wildman–Crippen MR) is 77.1 cm³/mol. The first-order chi connectivity index (χ1) is 8.81. The summed E-state index contributed by atoms with van der Waals surface area (Å²) in [6.45, 7) is 2.08. The molecule has 0 spiro atoms. The van der Waals surface area contributed by atoms with Gasteiger partial charge in [0.1, 0.15) is 5.78 Å². The van der Waals surface area contributed by atoms with E-state index in [1.165, 1.54) is 4.88 Å². The van der Waals surface area contributed by atoms with E-state index in [9.17, 15) is 4.79 Å². The van der Waals surface area contributed by atoms with Gasteiger partial charge in [-0.1, -0.05) is 43.3 Å². The molecule has 1 unspecified atom stereocenters. The first-order valence-corrected chi connectivity index (χ1v) is 7.29. The van der Waals surface area contributed by atoms with Crippen LogP contribution in [0.2, 0.25) is 0 Å². The molecule has 1 atom stereocenters. The molecule has 0 radical (unpaired) electrons. The van der Waals surface area contributed by atoms with Crippen LogP contribution < -0.4 is 0 Å². The average Bonchev–Trinajstić information content (AvgIpc) is 2.92. The van der Waals surface area contributed by atoms with Crippen LogP contribution in [-0.2, 0) is 11.2 Å². The predicted octanol–water partition coefficient (Wildman–Crippen LogP) is 4.44. The maximum atomic E-state index is 12.3. The molecule has 1 heterocycles. The van der Waals surface area contributed by atoms with E-state index in [1.807, 2.05) is 24.3 Å². The Morgan fingerprint density at radius 3 is 2.56 bits per heavy atom. The number of benzene rings is 1. The van der Waals surface area contributed by atoms with E-state index in [4.69, 9.17) is 0 Å². The van der Waals surface area contributed by atoms with Crippen LogP contribution in [0.1, 0.15) is 36.1 Å². The summed E-state index contributed by atoms with van der Waals surface area (Å²) >= 11 is 1.73. The molecule has 1 aromatic heterocycles. The van der Waals surface area contributed by atoms with Gasteiger partial charge >= 0.3 is 0 Å². The maximum Gasteiger partial charge on any atom is 0.140 e. The van der Waals surface area contributed by atoms with E-state index in [0.29, 0.717) is 12.2 Å². The number of hydrogen-bond acceptors (Lipinski definition) is 2. The Morgan fingerprint density at radius 1 is 1.17 bits per heavy atom. The van der Waals surface area contributed by atoms with Gasteiger partial charge in [-0.3, -0.25) is 4.79 Å². The normalized spacial score (nSPS) is 12.3. The smallest absolute Gasteiger partial charge is 0.140 e. The maximum absolute atomic E-state index is 12.3. The van der Waals surface area contributed by atoms with Crippen molar-refractivity contribution in [2.75, 3.05) is 0 Å². The van der Waals surface area contributed by atoms with Crippen molar-refractivity contribution in [3.63, 3.8) is 0 Å². The second-order valence-electron chi connectivity index (χ2n) is 4.42. The van der Waals surface area contributed by atoms with Gasteiger partial charge in [-0.05, 0) is 29.9 Å². The van der Waals surface area contributed by atoms with E-state index >= 15 is 0 Å². The summed E-state index contributed by atoms with van der Waals surface area (Å²) in [6.07, 6.45) is 2.40.